The van der Waals surface area contributed by atoms with Crippen molar-refractivity contribution in [1.29, 1.82) is 0 Å². The molecule has 6 nitrogen and oxygen atoms in total. The molecule has 0 saturated carbocycles. The summed E-state index contributed by atoms with van der Waals surface area (Å²) in [5, 5.41) is 19.9. The number of carbonyl (C=O) groups excluding carboxylic acids is 1. The lowest BCUT2D eigenvalue weighted by molar-refractivity contribution is -0.145. The molecule has 1 heterocycles. The van der Waals surface area contributed by atoms with E-state index in [1.165, 1.54) is 11.3 Å². The minimum absolute atomic E-state index is 0.423. The van der Waals surface area contributed by atoms with Gasteiger partial charge in [-0.15, -0.1) is 11.3 Å². The van der Waals surface area contributed by atoms with E-state index in [9.17, 15) is 14.4 Å². The number of amides is 1. The molecule has 21 heavy (non-hydrogen) atoms. The summed E-state index contributed by atoms with van der Waals surface area (Å²) < 4.78 is 0. The average Bonchev–Trinajstić information content (AvgIpc) is 2.81. The lowest BCUT2D eigenvalue weighted by Crippen LogP contribution is -2.41. The van der Waals surface area contributed by atoms with E-state index in [1.807, 2.05) is 13.8 Å². The van der Waals surface area contributed by atoms with E-state index in [4.69, 9.17) is 10.2 Å². The van der Waals surface area contributed by atoms with Crippen LogP contribution in [0.4, 0.5) is 0 Å². The van der Waals surface area contributed by atoms with Crippen LogP contribution in [-0.4, -0.2) is 34.1 Å². The van der Waals surface area contributed by atoms with Gasteiger partial charge in [-0.3, -0.25) is 9.59 Å². The van der Waals surface area contributed by atoms with Gasteiger partial charge in [0.2, 0.25) is 0 Å². The first kappa shape index (κ1) is 17.2. The van der Waals surface area contributed by atoms with Gasteiger partial charge in [-0.05, 0) is 24.5 Å². The zero-order valence-electron chi connectivity index (χ0n) is 12.0. The second-order valence-corrected chi connectivity index (χ2v) is 5.76. The molecule has 0 aliphatic rings. The fraction of sp³-hybridized carbons (Fsp3) is 0.500. The number of carboxylic acids is 2. The maximum Gasteiger partial charge on any atom is 0.326 e. The Morgan fingerprint density at radius 1 is 1.29 bits per heavy atom. The molecule has 0 radical (unpaired) electrons. The molecule has 1 atom stereocenters. The molecule has 0 saturated heterocycles. The molecule has 0 unspecified atom stereocenters. The number of thiophene rings is 1. The van der Waals surface area contributed by atoms with Gasteiger partial charge < -0.3 is 15.5 Å². The topological polar surface area (TPSA) is 104 Å². The fourth-order valence-electron chi connectivity index (χ4n) is 1.92. The van der Waals surface area contributed by atoms with Crippen LogP contribution >= 0.6 is 11.3 Å². The summed E-state index contributed by atoms with van der Waals surface area (Å²) in [4.78, 5) is 35.2. The van der Waals surface area contributed by atoms with Gasteiger partial charge in [-0.2, -0.15) is 0 Å². The minimum atomic E-state index is -1.42. The van der Waals surface area contributed by atoms with E-state index in [0.717, 1.165) is 29.7 Å². The second kappa shape index (κ2) is 7.78. The molecule has 1 aromatic rings. The smallest absolute Gasteiger partial charge is 0.326 e. The Morgan fingerprint density at radius 2 is 1.95 bits per heavy atom. The van der Waals surface area contributed by atoms with Crippen LogP contribution in [0.1, 0.15) is 46.8 Å². The third kappa shape index (κ3) is 4.86. The first-order valence-corrected chi connectivity index (χ1v) is 7.57. The average molecular weight is 313 g/mol. The standard InChI is InChI=1S/C14H19NO5S/c1-3-5-10-8(4-2)6-11(21-10)13(18)15-9(14(19)20)7-12(16)17/h6,9H,3-5,7H2,1-2H3,(H,15,18)(H,16,17)(H,19,20)/t9-/m1/s1. The third-order valence-electron chi connectivity index (χ3n) is 2.96. The van der Waals surface area contributed by atoms with Crippen molar-refractivity contribution in [2.24, 2.45) is 0 Å². The first-order valence-electron chi connectivity index (χ1n) is 6.76. The molecule has 0 spiro atoms. The summed E-state index contributed by atoms with van der Waals surface area (Å²) in [5.74, 6) is -3.16. The van der Waals surface area contributed by atoms with Gasteiger partial charge >= 0.3 is 11.9 Å². The molecule has 1 rings (SSSR count). The zero-order valence-corrected chi connectivity index (χ0v) is 12.8. The summed E-state index contributed by atoms with van der Waals surface area (Å²) in [7, 11) is 0. The molecule has 3 N–H and O–H groups in total. The maximum atomic E-state index is 12.1. The molecule has 0 bridgehead atoms. The molecule has 7 heteroatoms. The number of aliphatic carboxylic acids is 2. The van der Waals surface area contributed by atoms with Gasteiger partial charge in [0.25, 0.3) is 5.91 Å². The van der Waals surface area contributed by atoms with Crippen LogP contribution in [0.5, 0.6) is 0 Å². The molecule has 0 aliphatic carbocycles. The fourth-order valence-corrected chi connectivity index (χ4v) is 3.18. The molecule has 0 aliphatic heterocycles. The number of rotatable bonds is 8. The van der Waals surface area contributed by atoms with Crippen LogP contribution in [0.2, 0.25) is 0 Å². The predicted octanol–water partition coefficient (Wildman–Crippen LogP) is 1.92. The normalized spacial score (nSPS) is 11.9. The van der Waals surface area contributed by atoms with E-state index in [0.29, 0.717) is 4.88 Å². The summed E-state index contributed by atoms with van der Waals surface area (Å²) >= 11 is 1.34. The lowest BCUT2D eigenvalue weighted by atomic mass is 10.1. The Bertz CT molecular complexity index is 537. The van der Waals surface area contributed by atoms with Crippen LogP contribution in [0.25, 0.3) is 0 Å². The van der Waals surface area contributed by atoms with E-state index in [-0.39, 0.29) is 0 Å². The predicted molar refractivity (Wildman–Crippen MR) is 78.8 cm³/mol. The Hall–Kier alpha value is -1.89. The maximum absolute atomic E-state index is 12.1. The number of carbonyl (C=O) groups is 3. The van der Waals surface area contributed by atoms with Crippen LogP contribution < -0.4 is 5.32 Å². The van der Waals surface area contributed by atoms with Crippen LogP contribution in [-0.2, 0) is 22.4 Å². The molecule has 0 aromatic carbocycles. The number of nitrogens with one attached hydrogen (secondary N) is 1. The third-order valence-corrected chi connectivity index (χ3v) is 4.20. The van der Waals surface area contributed by atoms with Crippen molar-refractivity contribution in [1.82, 2.24) is 5.32 Å². The molecule has 1 amide bonds. The minimum Gasteiger partial charge on any atom is -0.481 e. The molecular formula is C14H19NO5S. The summed E-state index contributed by atoms with van der Waals surface area (Å²) in [6.07, 6.45) is 2.00. The van der Waals surface area contributed by atoms with E-state index >= 15 is 0 Å². The van der Waals surface area contributed by atoms with Gasteiger partial charge in [0, 0.05) is 4.88 Å². The highest BCUT2D eigenvalue weighted by Gasteiger charge is 2.24. The summed E-state index contributed by atoms with van der Waals surface area (Å²) in [6, 6.07) is 0.335. The first-order chi connectivity index (χ1) is 9.88. The van der Waals surface area contributed by atoms with Crippen molar-refractivity contribution in [3.05, 3.63) is 21.4 Å². The van der Waals surface area contributed by atoms with E-state index < -0.39 is 30.3 Å². The van der Waals surface area contributed by atoms with Crippen molar-refractivity contribution in [2.75, 3.05) is 0 Å². The Balaban J connectivity index is 2.87. The van der Waals surface area contributed by atoms with Gasteiger partial charge in [-0.25, -0.2) is 4.79 Å². The molecule has 116 valence electrons. The van der Waals surface area contributed by atoms with Gasteiger partial charge in [0.05, 0.1) is 11.3 Å². The highest BCUT2D eigenvalue weighted by Crippen LogP contribution is 2.24. The van der Waals surface area contributed by atoms with Crippen molar-refractivity contribution in [3.8, 4) is 0 Å². The quantitative estimate of drug-likeness (QED) is 0.680. The number of aryl methyl sites for hydroxylation is 2. The van der Waals surface area contributed by atoms with Crippen LogP contribution in [0.15, 0.2) is 6.07 Å². The SMILES string of the molecule is CCCc1sc(C(=O)N[C@H](CC(=O)O)C(=O)O)cc1CC. The lowest BCUT2D eigenvalue weighted by Gasteiger charge is -2.11. The van der Waals surface area contributed by atoms with Gasteiger partial charge in [0.1, 0.15) is 6.04 Å². The highest BCUT2D eigenvalue weighted by atomic mass is 32.1. The van der Waals surface area contributed by atoms with E-state index in [2.05, 4.69) is 5.32 Å². The largest absolute Gasteiger partial charge is 0.481 e. The summed E-state index contributed by atoms with van der Waals surface area (Å²) in [6.45, 7) is 4.04. The van der Waals surface area contributed by atoms with Crippen molar-refractivity contribution in [3.63, 3.8) is 0 Å². The second-order valence-electron chi connectivity index (χ2n) is 4.62. The van der Waals surface area contributed by atoms with Gasteiger partial charge in [0.15, 0.2) is 0 Å². The zero-order chi connectivity index (χ0) is 16.0. The monoisotopic (exact) mass is 313 g/mol. The summed E-state index contributed by atoms with van der Waals surface area (Å²) in [5.41, 5.74) is 1.08. The van der Waals surface area contributed by atoms with Crippen LogP contribution in [0, 0.1) is 0 Å². The van der Waals surface area contributed by atoms with Crippen molar-refractivity contribution >= 4 is 29.2 Å². The Kier molecular flexibility index (Phi) is 6.36. The van der Waals surface area contributed by atoms with Crippen molar-refractivity contribution < 1.29 is 24.6 Å². The van der Waals surface area contributed by atoms with Gasteiger partial charge in [-0.1, -0.05) is 20.3 Å². The Labute approximate surface area is 126 Å². The van der Waals surface area contributed by atoms with Crippen LogP contribution in [0.3, 0.4) is 0 Å². The number of carboxylic acid groups (broad SMARTS) is 2. The highest BCUT2D eigenvalue weighted by molar-refractivity contribution is 7.14. The number of hydrogen-bond donors (Lipinski definition) is 3. The Morgan fingerprint density at radius 3 is 2.43 bits per heavy atom. The van der Waals surface area contributed by atoms with E-state index in [1.54, 1.807) is 6.07 Å². The number of hydrogen-bond acceptors (Lipinski definition) is 4. The molecular weight excluding hydrogens is 294 g/mol. The molecule has 0 fully saturated rings. The van der Waals surface area contributed by atoms with Crippen molar-refractivity contribution in [2.45, 2.75) is 45.6 Å². The molecule has 1 aromatic heterocycles.